The fourth-order valence-corrected chi connectivity index (χ4v) is 1.21. The van der Waals surface area contributed by atoms with E-state index in [-0.39, 0.29) is 0 Å². The number of halogens is 5. The molecule has 0 aromatic carbocycles. The van der Waals surface area contributed by atoms with E-state index < -0.39 is 49.1 Å². The summed E-state index contributed by atoms with van der Waals surface area (Å²) >= 11 is 0. The van der Waals surface area contributed by atoms with E-state index in [0.717, 1.165) is 0 Å². The van der Waals surface area contributed by atoms with Gasteiger partial charge in [0, 0.05) is 0 Å². The van der Waals surface area contributed by atoms with E-state index in [2.05, 4.69) is 9.47 Å². The van der Waals surface area contributed by atoms with Crippen molar-refractivity contribution in [2.24, 2.45) is 5.92 Å². The maximum atomic E-state index is 13.7. The number of hydrogen-bond acceptors (Lipinski definition) is 4. The van der Waals surface area contributed by atoms with Gasteiger partial charge in [-0.05, 0) is 12.8 Å². The van der Waals surface area contributed by atoms with E-state index in [4.69, 9.17) is 0 Å². The second-order valence-electron chi connectivity index (χ2n) is 4.46. The molecule has 4 nitrogen and oxygen atoms in total. The molecule has 0 fully saturated rings. The zero-order valence-corrected chi connectivity index (χ0v) is 11.8. The van der Waals surface area contributed by atoms with E-state index in [1.54, 1.807) is 6.92 Å². The van der Waals surface area contributed by atoms with Crippen molar-refractivity contribution in [3.05, 3.63) is 0 Å². The SMILES string of the molecule is CCC(C)C(=O)OC(CC)C(F)(F)C(=O)OCC(F)(F)F. The third kappa shape index (κ3) is 6.26. The Balaban J connectivity index is 4.82. The second-order valence-corrected chi connectivity index (χ2v) is 4.46. The molecule has 0 aliphatic heterocycles. The van der Waals surface area contributed by atoms with Gasteiger partial charge >= 0.3 is 24.0 Å². The Kier molecular flexibility index (Phi) is 7.05. The van der Waals surface area contributed by atoms with E-state index in [0.29, 0.717) is 6.42 Å². The summed E-state index contributed by atoms with van der Waals surface area (Å²) in [6.07, 6.45) is -7.20. The summed E-state index contributed by atoms with van der Waals surface area (Å²) in [6, 6.07) is 0. The highest BCUT2D eigenvalue weighted by Gasteiger charge is 2.51. The Morgan fingerprint density at radius 1 is 1.05 bits per heavy atom. The van der Waals surface area contributed by atoms with E-state index in [9.17, 15) is 31.5 Å². The first-order chi connectivity index (χ1) is 9.45. The molecule has 0 bridgehead atoms. The van der Waals surface area contributed by atoms with E-state index >= 15 is 0 Å². The van der Waals surface area contributed by atoms with Crippen molar-refractivity contribution in [1.82, 2.24) is 0 Å². The third-order valence-electron chi connectivity index (χ3n) is 2.69. The molecule has 0 amide bonds. The van der Waals surface area contributed by atoms with Crippen molar-refractivity contribution in [2.75, 3.05) is 6.61 Å². The van der Waals surface area contributed by atoms with Gasteiger partial charge in [0.1, 0.15) is 0 Å². The summed E-state index contributed by atoms with van der Waals surface area (Å²) in [6.45, 7) is 2.15. The Labute approximate surface area is 118 Å². The quantitative estimate of drug-likeness (QED) is 0.534. The monoisotopic (exact) mass is 320 g/mol. The average Bonchev–Trinajstić information content (AvgIpc) is 2.39. The number of esters is 2. The minimum absolute atomic E-state index is 0.333. The van der Waals surface area contributed by atoms with Crippen LogP contribution in [0.25, 0.3) is 0 Å². The molecule has 124 valence electrons. The molecule has 21 heavy (non-hydrogen) atoms. The molecule has 0 aliphatic rings. The van der Waals surface area contributed by atoms with Gasteiger partial charge in [-0.2, -0.15) is 22.0 Å². The van der Waals surface area contributed by atoms with Gasteiger partial charge in [-0.15, -0.1) is 0 Å². The van der Waals surface area contributed by atoms with Crippen LogP contribution in [0.4, 0.5) is 22.0 Å². The minimum Gasteiger partial charge on any atom is -0.455 e. The number of rotatable bonds is 7. The van der Waals surface area contributed by atoms with Crippen LogP contribution in [0.2, 0.25) is 0 Å². The average molecular weight is 320 g/mol. The van der Waals surface area contributed by atoms with Crippen LogP contribution in [-0.2, 0) is 19.1 Å². The predicted molar refractivity (Wildman–Crippen MR) is 61.6 cm³/mol. The molecular weight excluding hydrogens is 303 g/mol. The van der Waals surface area contributed by atoms with Crippen molar-refractivity contribution in [1.29, 1.82) is 0 Å². The third-order valence-corrected chi connectivity index (χ3v) is 2.69. The number of hydrogen-bond donors (Lipinski definition) is 0. The van der Waals surface area contributed by atoms with Gasteiger partial charge in [-0.25, -0.2) is 4.79 Å². The van der Waals surface area contributed by atoms with Gasteiger partial charge in [0.15, 0.2) is 12.7 Å². The highest BCUT2D eigenvalue weighted by atomic mass is 19.4. The Morgan fingerprint density at radius 3 is 1.95 bits per heavy atom. The Hall–Kier alpha value is -1.41. The molecule has 0 N–H and O–H groups in total. The zero-order valence-electron chi connectivity index (χ0n) is 11.8. The molecule has 0 saturated carbocycles. The molecule has 0 saturated heterocycles. The van der Waals surface area contributed by atoms with Gasteiger partial charge in [0.2, 0.25) is 0 Å². The topological polar surface area (TPSA) is 52.6 Å². The largest absolute Gasteiger partial charge is 0.455 e. The van der Waals surface area contributed by atoms with Crippen molar-refractivity contribution in [3.8, 4) is 0 Å². The molecule has 0 aromatic heterocycles. The molecule has 0 radical (unpaired) electrons. The van der Waals surface area contributed by atoms with Crippen LogP contribution in [0.3, 0.4) is 0 Å². The summed E-state index contributed by atoms with van der Waals surface area (Å²) in [4.78, 5) is 22.5. The van der Waals surface area contributed by atoms with Crippen LogP contribution < -0.4 is 0 Å². The first-order valence-corrected chi connectivity index (χ1v) is 6.27. The van der Waals surface area contributed by atoms with Crippen LogP contribution in [0, 0.1) is 5.92 Å². The normalized spacial score (nSPS) is 15.2. The Morgan fingerprint density at radius 2 is 1.57 bits per heavy atom. The molecule has 0 rings (SSSR count). The minimum atomic E-state index is -4.92. The zero-order chi connectivity index (χ0) is 16.8. The highest BCUT2D eigenvalue weighted by molar-refractivity contribution is 5.79. The molecule has 0 aliphatic carbocycles. The molecule has 0 aromatic rings. The van der Waals surface area contributed by atoms with Gasteiger partial charge in [-0.1, -0.05) is 20.8 Å². The van der Waals surface area contributed by atoms with Gasteiger partial charge in [-0.3, -0.25) is 4.79 Å². The van der Waals surface area contributed by atoms with E-state index in [1.807, 2.05) is 0 Å². The van der Waals surface area contributed by atoms with Crippen LogP contribution >= 0.6 is 0 Å². The van der Waals surface area contributed by atoms with Crippen LogP contribution in [0.5, 0.6) is 0 Å². The van der Waals surface area contributed by atoms with Crippen LogP contribution in [0.15, 0.2) is 0 Å². The summed E-state index contributed by atoms with van der Waals surface area (Å²) in [5, 5.41) is 0. The van der Waals surface area contributed by atoms with Gasteiger partial charge in [0.25, 0.3) is 0 Å². The smallest absolute Gasteiger partial charge is 0.422 e. The number of alkyl halides is 5. The van der Waals surface area contributed by atoms with Crippen LogP contribution in [0.1, 0.15) is 33.6 Å². The number of carbonyl (C=O) groups excluding carboxylic acids is 2. The van der Waals surface area contributed by atoms with E-state index in [1.165, 1.54) is 13.8 Å². The summed E-state index contributed by atoms with van der Waals surface area (Å²) in [5.41, 5.74) is 0. The van der Waals surface area contributed by atoms with Crippen molar-refractivity contribution >= 4 is 11.9 Å². The molecule has 2 unspecified atom stereocenters. The molecular formula is C12H17F5O4. The molecule has 2 atom stereocenters. The Bertz CT molecular complexity index is 367. The lowest BCUT2D eigenvalue weighted by molar-refractivity contribution is -0.218. The lowest BCUT2D eigenvalue weighted by atomic mass is 10.1. The van der Waals surface area contributed by atoms with Gasteiger partial charge in [0.05, 0.1) is 5.92 Å². The van der Waals surface area contributed by atoms with Gasteiger partial charge < -0.3 is 9.47 Å². The standard InChI is InChI=1S/C12H17F5O4/c1-4-7(3)9(18)21-8(5-2)12(16,17)10(19)20-6-11(13,14)15/h7-8H,4-6H2,1-3H3. The summed E-state index contributed by atoms with van der Waals surface area (Å²) < 4.78 is 70.9. The number of ether oxygens (including phenoxy) is 2. The van der Waals surface area contributed by atoms with Crippen LogP contribution in [-0.4, -0.2) is 36.7 Å². The number of carbonyl (C=O) groups is 2. The highest BCUT2D eigenvalue weighted by Crippen LogP contribution is 2.28. The molecule has 9 heteroatoms. The molecule has 0 heterocycles. The maximum Gasteiger partial charge on any atom is 0.422 e. The predicted octanol–water partition coefficient (Wildman–Crippen LogP) is 3.10. The van der Waals surface area contributed by atoms with Crippen molar-refractivity contribution in [2.45, 2.75) is 51.8 Å². The second kappa shape index (κ2) is 7.56. The molecule has 0 spiro atoms. The summed E-state index contributed by atoms with van der Waals surface area (Å²) in [5.74, 6) is -8.33. The first kappa shape index (κ1) is 19.6. The fraction of sp³-hybridized carbons (Fsp3) is 0.833. The van der Waals surface area contributed by atoms with Crippen molar-refractivity contribution < 1.29 is 41.0 Å². The lowest BCUT2D eigenvalue weighted by Gasteiger charge is -2.25. The first-order valence-electron chi connectivity index (χ1n) is 6.27. The summed E-state index contributed by atoms with van der Waals surface area (Å²) in [7, 11) is 0. The maximum absolute atomic E-state index is 13.7. The van der Waals surface area contributed by atoms with Crippen molar-refractivity contribution in [3.63, 3.8) is 0 Å². The lowest BCUT2D eigenvalue weighted by Crippen LogP contribution is -2.46. The fourth-order valence-electron chi connectivity index (χ4n) is 1.21.